The van der Waals surface area contributed by atoms with Gasteiger partial charge in [0.05, 0.1) is 11.3 Å². The zero-order valence-electron chi connectivity index (χ0n) is 14.1. The monoisotopic (exact) mass is 363 g/mol. The van der Waals surface area contributed by atoms with Gasteiger partial charge < -0.3 is 20.7 Å². The van der Waals surface area contributed by atoms with Crippen molar-refractivity contribution in [3.63, 3.8) is 0 Å². The third kappa shape index (κ3) is 6.04. The van der Waals surface area contributed by atoms with Crippen LogP contribution in [0.1, 0.15) is 17.3 Å². The van der Waals surface area contributed by atoms with E-state index in [1.54, 1.807) is 36.4 Å². The van der Waals surface area contributed by atoms with Gasteiger partial charge in [-0.1, -0.05) is 12.1 Å². The van der Waals surface area contributed by atoms with Crippen LogP contribution in [0.15, 0.2) is 48.5 Å². The van der Waals surface area contributed by atoms with Crippen molar-refractivity contribution in [2.24, 2.45) is 0 Å². The highest BCUT2D eigenvalue weighted by Crippen LogP contribution is 2.23. The van der Waals surface area contributed by atoms with E-state index in [1.165, 1.54) is 19.1 Å². The lowest BCUT2D eigenvalue weighted by atomic mass is 10.1. The summed E-state index contributed by atoms with van der Waals surface area (Å²) in [5.74, 6) is -0.411. The number of para-hydroxylation sites is 1. The predicted octanol–water partition coefficient (Wildman–Crippen LogP) is 2.90. The Morgan fingerprint density at radius 1 is 1.00 bits per heavy atom. The highest BCUT2D eigenvalue weighted by atomic mass is 19.3. The van der Waals surface area contributed by atoms with Crippen LogP contribution in [-0.4, -0.2) is 31.5 Å². The number of hydrogen-bond acceptors (Lipinski definition) is 4. The van der Waals surface area contributed by atoms with Crippen molar-refractivity contribution in [1.82, 2.24) is 10.6 Å². The standard InChI is InChI=1S/C18H19F2N3O3/c1-12(24)21-10-11-22-17(25)15-4-2-3-5-16(15)23-13-6-8-14(9-7-13)26-18(19)20/h2-9,18,23H,10-11H2,1H3,(H,21,24)(H,22,25). The smallest absolute Gasteiger partial charge is 0.387 e. The molecule has 2 aromatic rings. The van der Waals surface area contributed by atoms with Crippen molar-refractivity contribution >= 4 is 23.2 Å². The number of rotatable bonds is 8. The second-order valence-corrected chi connectivity index (χ2v) is 5.31. The van der Waals surface area contributed by atoms with E-state index in [0.29, 0.717) is 30.0 Å². The van der Waals surface area contributed by atoms with Gasteiger partial charge >= 0.3 is 6.61 Å². The molecule has 0 saturated heterocycles. The molecule has 0 heterocycles. The third-order valence-corrected chi connectivity index (χ3v) is 3.31. The van der Waals surface area contributed by atoms with Crippen molar-refractivity contribution in [2.75, 3.05) is 18.4 Å². The van der Waals surface area contributed by atoms with E-state index in [1.807, 2.05) is 0 Å². The van der Waals surface area contributed by atoms with Gasteiger partial charge in [-0.15, -0.1) is 0 Å². The van der Waals surface area contributed by atoms with Crippen LogP contribution in [-0.2, 0) is 4.79 Å². The lowest BCUT2D eigenvalue weighted by Gasteiger charge is -2.13. The number of amides is 2. The molecule has 2 aromatic carbocycles. The molecule has 0 bridgehead atoms. The Morgan fingerprint density at radius 2 is 1.65 bits per heavy atom. The number of halogens is 2. The summed E-state index contributed by atoms with van der Waals surface area (Å²) in [6, 6.07) is 12.8. The highest BCUT2D eigenvalue weighted by Gasteiger charge is 2.11. The molecule has 0 aliphatic heterocycles. The average Bonchev–Trinajstić information content (AvgIpc) is 2.60. The summed E-state index contributed by atoms with van der Waals surface area (Å²) < 4.78 is 28.6. The lowest BCUT2D eigenvalue weighted by Crippen LogP contribution is -2.33. The van der Waals surface area contributed by atoms with Gasteiger partial charge in [-0.3, -0.25) is 9.59 Å². The molecule has 3 N–H and O–H groups in total. The first-order chi connectivity index (χ1) is 12.5. The normalized spacial score (nSPS) is 10.3. The van der Waals surface area contributed by atoms with Gasteiger partial charge in [-0.25, -0.2) is 0 Å². The largest absolute Gasteiger partial charge is 0.435 e. The molecule has 8 heteroatoms. The van der Waals surface area contributed by atoms with Crippen LogP contribution in [0.25, 0.3) is 0 Å². The lowest BCUT2D eigenvalue weighted by molar-refractivity contribution is -0.118. The Kier molecular flexibility index (Phi) is 6.90. The first-order valence-corrected chi connectivity index (χ1v) is 7.89. The van der Waals surface area contributed by atoms with Crippen molar-refractivity contribution in [1.29, 1.82) is 0 Å². The Hall–Kier alpha value is -3.16. The number of ether oxygens (including phenoxy) is 1. The van der Waals surface area contributed by atoms with Crippen LogP contribution < -0.4 is 20.7 Å². The molecule has 0 atom stereocenters. The summed E-state index contributed by atoms with van der Waals surface area (Å²) in [6.45, 7) is -0.844. The van der Waals surface area contributed by atoms with Gasteiger partial charge in [-0.2, -0.15) is 8.78 Å². The molecule has 0 aromatic heterocycles. The molecule has 26 heavy (non-hydrogen) atoms. The van der Waals surface area contributed by atoms with Crippen LogP contribution in [0, 0.1) is 0 Å². The second kappa shape index (κ2) is 9.36. The summed E-state index contributed by atoms with van der Waals surface area (Å²) >= 11 is 0. The minimum atomic E-state index is -2.88. The Labute approximate surface area is 149 Å². The molecule has 0 saturated carbocycles. The number of carbonyl (C=O) groups excluding carboxylic acids is 2. The number of alkyl halides is 2. The Morgan fingerprint density at radius 3 is 2.31 bits per heavy atom. The maximum atomic E-state index is 12.3. The molecular formula is C18H19F2N3O3. The van der Waals surface area contributed by atoms with E-state index >= 15 is 0 Å². The van der Waals surface area contributed by atoms with Gasteiger partial charge in [0, 0.05) is 25.7 Å². The minimum Gasteiger partial charge on any atom is -0.435 e. The maximum Gasteiger partial charge on any atom is 0.387 e. The first kappa shape index (κ1) is 19.2. The van der Waals surface area contributed by atoms with Crippen molar-refractivity contribution in [2.45, 2.75) is 13.5 Å². The van der Waals surface area contributed by atoms with Crippen LogP contribution >= 0.6 is 0 Å². The maximum absolute atomic E-state index is 12.3. The fourth-order valence-corrected chi connectivity index (χ4v) is 2.18. The molecule has 2 amide bonds. The highest BCUT2D eigenvalue weighted by molar-refractivity contribution is 6.00. The molecule has 0 spiro atoms. The quantitative estimate of drug-likeness (QED) is 0.630. The summed E-state index contributed by atoms with van der Waals surface area (Å²) in [6.07, 6.45) is 0. The molecule has 0 fully saturated rings. The third-order valence-electron chi connectivity index (χ3n) is 3.31. The van der Waals surface area contributed by atoms with Crippen molar-refractivity contribution in [3.05, 3.63) is 54.1 Å². The summed E-state index contributed by atoms with van der Waals surface area (Å²) in [4.78, 5) is 23.1. The van der Waals surface area contributed by atoms with Crippen LogP contribution in [0.2, 0.25) is 0 Å². The van der Waals surface area contributed by atoms with Crippen LogP contribution in [0.4, 0.5) is 20.2 Å². The molecule has 2 rings (SSSR count). The topological polar surface area (TPSA) is 79.5 Å². The summed E-state index contributed by atoms with van der Waals surface area (Å²) in [5, 5.41) is 8.37. The fraction of sp³-hybridized carbons (Fsp3) is 0.222. The molecule has 6 nitrogen and oxygen atoms in total. The summed E-state index contributed by atoms with van der Waals surface area (Å²) in [7, 11) is 0. The second-order valence-electron chi connectivity index (χ2n) is 5.31. The average molecular weight is 363 g/mol. The van der Waals surface area contributed by atoms with E-state index in [4.69, 9.17) is 0 Å². The van der Waals surface area contributed by atoms with Gasteiger partial charge in [-0.05, 0) is 36.4 Å². The molecular weight excluding hydrogens is 344 g/mol. The van der Waals surface area contributed by atoms with Gasteiger partial charge in [0.15, 0.2) is 0 Å². The van der Waals surface area contributed by atoms with E-state index in [0.717, 1.165) is 0 Å². The SMILES string of the molecule is CC(=O)NCCNC(=O)c1ccccc1Nc1ccc(OC(F)F)cc1. The van der Waals surface area contributed by atoms with E-state index in [9.17, 15) is 18.4 Å². The van der Waals surface area contributed by atoms with Crippen LogP contribution in [0.5, 0.6) is 5.75 Å². The van der Waals surface area contributed by atoms with E-state index in [-0.39, 0.29) is 17.6 Å². The fourth-order valence-electron chi connectivity index (χ4n) is 2.18. The van der Waals surface area contributed by atoms with E-state index in [2.05, 4.69) is 20.7 Å². The number of carbonyl (C=O) groups is 2. The molecule has 138 valence electrons. The zero-order valence-corrected chi connectivity index (χ0v) is 14.1. The Bertz CT molecular complexity index is 752. The predicted molar refractivity (Wildman–Crippen MR) is 93.8 cm³/mol. The van der Waals surface area contributed by atoms with Gasteiger partial charge in [0.25, 0.3) is 5.91 Å². The van der Waals surface area contributed by atoms with Crippen molar-refractivity contribution < 1.29 is 23.1 Å². The van der Waals surface area contributed by atoms with Gasteiger partial charge in [0.2, 0.25) is 5.91 Å². The number of benzene rings is 2. The first-order valence-electron chi connectivity index (χ1n) is 7.89. The van der Waals surface area contributed by atoms with Crippen LogP contribution in [0.3, 0.4) is 0 Å². The number of hydrogen-bond donors (Lipinski definition) is 3. The Balaban J connectivity index is 2.01. The molecule has 0 unspecified atom stereocenters. The van der Waals surface area contributed by atoms with E-state index < -0.39 is 6.61 Å². The molecule has 0 aliphatic carbocycles. The zero-order chi connectivity index (χ0) is 18.9. The molecule has 0 radical (unpaired) electrons. The summed E-state index contributed by atoms with van der Waals surface area (Å²) in [5.41, 5.74) is 1.60. The minimum absolute atomic E-state index is 0.0505. The number of anilines is 2. The van der Waals surface area contributed by atoms with Gasteiger partial charge in [0.1, 0.15) is 5.75 Å². The molecule has 0 aliphatic rings. The number of nitrogens with one attached hydrogen (secondary N) is 3. The van der Waals surface area contributed by atoms with Crippen molar-refractivity contribution in [3.8, 4) is 5.75 Å².